The van der Waals surface area contributed by atoms with E-state index in [-0.39, 0.29) is 28.2 Å². The molecule has 1 atom stereocenters. The van der Waals surface area contributed by atoms with Crippen molar-refractivity contribution in [3.63, 3.8) is 0 Å². The zero-order chi connectivity index (χ0) is 14.1. The van der Waals surface area contributed by atoms with Crippen molar-refractivity contribution in [1.29, 1.82) is 0 Å². The maximum atomic E-state index is 11.7. The van der Waals surface area contributed by atoms with Gasteiger partial charge in [0.15, 0.2) is 0 Å². The van der Waals surface area contributed by atoms with E-state index in [1.807, 2.05) is 0 Å². The van der Waals surface area contributed by atoms with Crippen LogP contribution in [-0.4, -0.2) is 18.2 Å². The molecule has 0 radical (unpaired) electrons. The van der Waals surface area contributed by atoms with E-state index < -0.39 is 17.4 Å². The van der Waals surface area contributed by atoms with Crippen LogP contribution in [0, 0.1) is 5.41 Å². The van der Waals surface area contributed by atoms with Crippen molar-refractivity contribution < 1.29 is 14.6 Å². The first kappa shape index (κ1) is 18.3. The summed E-state index contributed by atoms with van der Waals surface area (Å²) >= 11 is 11.6. The Morgan fingerprint density at radius 1 is 1.42 bits per heavy atom. The van der Waals surface area contributed by atoms with Crippen molar-refractivity contribution in [2.45, 2.75) is 19.9 Å². The fourth-order valence-electron chi connectivity index (χ4n) is 1.58. The number of phenols is 1. The number of benzene rings is 1. The molecule has 0 bridgehead atoms. The van der Waals surface area contributed by atoms with Crippen LogP contribution in [0.3, 0.4) is 0 Å². The molecule has 4 nitrogen and oxygen atoms in total. The van der Waals surface area contributed by atoms with E-state index in [0.29, 0.717) is 5.56 Å². The molecule has 0 aliphatic rings. The second-order valence-electron chi connectivity index (χ2n) is 4.49. The third kappa shape index (κ3) is 3.45. The highest BCUT2D eigenvalue weighted by atomic mass is 35.5. The molecule has 0 heterocycles. The minimum atomic E-state index is -0.997. The molecule has 3 N–H and O–H groups in total. The Morgan fingerprint density at radius 2 is 1.95 bits per heavy atom. The molecule has 0 saturated heterocycles. The molecule has 0 fully saturated rings. The summed E-state index contributed by atoms with van der Waals surface area (Å²) in [6, 6.07) is 2.30. The van der Waals surface area contributed by atoms with E-state index >= 15 is 0 Å². The summed E-state index contributed by atoms with van der Waals surface area (Å²) in [6.07, 6.45) is 0. The van der Waals surface area contributed by atoms with E-state index in [4.69, 9.17) is 33.7 Å². The molecule has 7 heteroatoms. The molecular formula is C12H16Cl3NO3. The summed E-state index contributed by atoms with van der Waals surface area (Å²) in [7, 11) is 1.28. The first-order valence-corrected chi connectivity index (χ1v) is 6.00. The molecule has 1 rings (SSSR count). The summed E-state index contributed by atoms with van der Waals surface area (Å²) in [5.41, 5.74) is 5.36. The van der Waals surface area contributed by atoms with E-state index in [1.54, 1.807) is 19.9 Å². The van der Waals surface area contributed by atoms with Gasteiger partial charge in [-0.3, -0.25) is 4.79 Å². The second-order valence-corrected chi connectivity index (χ2v) is 5.28. The van der Waals surface area contributed by atoms with Crippen LogP contribution in [0.2, 0.25) is 10.0 Å². The van der Waals surface area contributed by atoms with Gasteiger partial charge in [0, 0.05) is 11.6 Å². The zero-order valence-electron chi connectivity index (χ0n) is 10.7. The smallest absolute Gasteiger partial charge is 0.313 e. The predicted molar refractivity (Wildman–Crippen MR) is 78.1 cm³/mol. The van der Waals surface area contributed by atoms with E-state index in [2.05, 4.69) is 0 Å². The Balaban J connectivity index is 0.00000324. The van der Waals surface area contributed by atoms with Crippen LogP contribution in [0.5, 0.6) is 5.75 Å². The molecule has 1 aromatic carbocycles. The van der Waals surface area contributed by atoms with Crippen LogP contribution in [0.1, 0.15) is 25.5 Å². The first-order chi connectivity index (χ1) is 8.23. The van der Waals surface area contributed by atoms with Crippen LogP contribution in [-0.2, 0) is 9.53 Å². The summed E-state index contributed by atoms with van der Waals surface area (Å²) in [5, 5.41) is 10.2. The maximum Gasteiger partial charge on any atom is 0.313 e. The van der Waals surface area contributed by atoms with Crippen LogP contribution in [0.25, 0.3) is 0 Å². The number of methoxy groups -OCH3 is 1. The van der Waals surface area contributed by atoms with E-state index in [9.17, 15) is 9.90 Å². The lowest BCUT2D eigenvalue weighted by Crippen LogP contribution is -2.37. The molecule has 0 amide bonds. The summed E-state index contributed by atoms with van der Waals surface area (Å²) in [6.45, 7) is 3.26. The molecule has 0 aliphatic heterocycles. The number of esters is 1. The fraction of sp³-hybridized carbons (Fsp3) is 0.417. The molecule has 0 aromatic heterocycles. The molecule has 19 heavy (non-hydrogen) atoms. The Labute approximate surface area is 128 Å². The van der Waals surface area contributed by atoms with Gasteiger partial charge in [-0.1, -0.05) is 29.3 Å². The number of nitrogens with two attached hydrogens (primary N) is 1. The van der Waals surface area contributed by atoms with Gasteiger partial charge in [0.2, 0.25) is 0 Å². The van der Waals surface area contributed by atoms with Crippen molar-refractivity contribution in [3.05, 3.63) is 27.7 Å². The summed E-state index contributed by atoms with van der Waals surface area (Å²) in [4.78, 5) is 11.7. The van der Waals surface area contributed by atoms with Crippen LogP contribution >= 0.6 is 35.6 Å². The normalized spacial score (nSPS) is 12.5. The Kier molecular flexibility index (Phi) is 6.42. The first-order valence-electron chi connectivity index (χ1n) is 5.24. The van der Waals surface area contributed by atoms with Gasteiger partial charge in [-0.05, 0) is 19.9 Å². The van der Waals surface area contributed by atoms with Gasteiger partial charge >= 0.3 is 5.97 Å². The van der Waals surface area contributed by atoms with Crippen molar-refractivity contribution in [3.8, 4) is 5.75 Å². The highest BCUT2D eigenvalue weighted by Gasteiger charge is 2.38. The summed E-state index contributed by atoms with van der Waals surface area (Å²) < 4.78 is 4.69. The lowest BCUT2D eigenvalue weighted by molar-refractivity contribution is -0.152. The van der Waals surface area contributed by atoms with Gasteiger partial charge in [0.1, 0.15) is 10.8 Å². The second kappa shape index (κ2) is 6.66. The molecule has 0 unspecified atom stereocenters. The van der Waals surface area contributed by atoms with E-state index in [1.165, 1.54) is 13.2 Å². The average Bonchev–Trinajstić information content (AvgIpc) is 2.34. The Morgan fingerprint density at radius 3 is 2.42 bits per heavy atom. The number of hydrogen-bond donors (Lipinski definition) is 2. The standard InChI is InChI=1S/C12H15Cl2NO3.ClH/c1-12(2,11(17)18-3)10(15)6-4-5-7(13)8(14)9(6)16;/h4-5,10,16H,15H2,1-3H3;1H/t10-;/m1./s1. The van der Waals surface area contributed by atoms with Crippen LogP contribution < -0.4 is 5.73 Å². The minimum absolute atomic E-state index is 0. The number of aromatic hydroxyl groups is 1. The molecule has 0 aliphatic carbocycles. The van der Waals surface area contributed by atoms with Crippen molar-refractivity contribution in [2.75, 3.05) is 7.11 Å². The number of carbonyl (C=O) groups excluding carboxylic acids is 1. The van der Waals surface area contributed by atoms with Crippen LogP contribution in [0.4, 0.5) is 0 Å². The number of phenolic OH excluding ortho intramolecular Hbond substituents is 1. The van der Waals surface area contributed by atoms with Crippen molar-refractivity contribution in [1.82, 2.24) is 0 Å². The molecule has 1 aromatic rings. The summed E-state index contributed by atoms with van der Waals surface area (Å²) in [5.74, 6) is -0.686. The van der Waals surface area contributed by atoms with E-state index in [0.717, 1.165) is 0 Å². The molecular weight excluding hydrogens is 312 g/mol. The highest BCUT2D eigenvalue weighted by molar-refractivity contribution is 6.43. The monoisotopic (exact) mass is 327 g/mol. The molecule has 0 saturated carbocycles. The van der Waals surface area contributed by atoms with Gasteiger partial charge in [-0.2, -0.15) is 0 Å². The SMILES string of the molecule is COC(=O)C(C)(C)[C@H](N)c1ccc(Cl)c(Cl)c1O.Cl. The molecule has 108 valence electrons. The third-order valence-electron chi connectivity index (χ3n) is 2.92. The van der Waals surface area contributed by atoms with Gasteiger partial charge < -0.3 is 15.6 Å². The quantitative estimate of drug-likeness (QED) is 0.835. The predicted octanol–water partition coefficient (Wildman–Crippen LogP) is 3.32. The lowest BCUT2D eigenvalue weighted by atomic mass is 9.80. The number of ether oxygens (including phenoxy) is 1. The lowest BCUT2D eigenvalue weighted by Gasteiger charge is -2.29. The molecule has 0 spiro atoms. The number of halogens is 3. The topological polar surface area (TPSA) is 72.5 Å². The Bertz CT molecular complexity index is 478. The fourth-order valence-corrected chi connectivity index (χ4v) is 1.91. The average molecular weight is 329 g/mol. The van der Waals surface area contributed by atoms with Gasteiger partial charge in [0.25, 0.3) is 0 Å². The number of rotatable bonds is 3. The van der Waals surface area contributed by atoms with Crippen molar-refractivity contribution in [2.24, 2.45) is 11.1 Å². The van der Waals surface area contributed by atoms with Crippen LogP contribution in [0.15, 0.2) is 12.1 Å². The third-order valence-corrected chi connectivity index (χ3v) is 3.72. The minimum Gasteiger partial charge on any atom is -0.506 e. The van der Waals surface area contributed by atoms with Gasteiger partial charge in [0.05, 0.1) is 17.5 Å². The zero-order valence-corrected chi connectivity index (χ0v) is 13.1. The highest BCUT2D eigenvalue weighted by Crippen LogP contribution is 2.41. The maximum absolute atomic E-state index is 11.7. The van der Waals surface area contributed by atoms with Gasteiger partial charge in [-0.25, -0.2) is 0 Å². The number of carbonyl (C=O) groups is 1. The largest absolute Gasteiger partial charge is 0.506 e. The van der Waals surface area contributed by atoms with Crippen molar-refractivity contribution >= 4 is 41.6 Å². The Hall–Kier alpha value is -0.680. The number of hydrogen-bond acceptors (Lipinski definition) is 4. The van der Waals surface area contributed by atoms with Gasteiger partial charge in [-0.15, -0.1) is 12.4 Å².